The number of esters is 2. The Hall–Kier alpha value is -2.56. The van der Waals surface area contributed by atoms with Gasteiger partial charge in [-0.3, -0.25) is 0 Å². The van der Waals surface area contributed by atoms with Gasteiger partial charge >= 0.3 is 11.9 Å². The Bertz CT molecular complexity index is 773. The summed E-state index contributed by atoms with van der Waals surface area (Å²) in [5, 5.41) is 0. The van der Waals surface area contributed by atoms with Crippen molar-refractivity contribution < 1.29 is 23.8 Å². The minimum absolute atomic E-state index is 0.0395. The molecule has 1 aromatic carbocycles. The van der Waals surface area contributed by atoms with Gasteiger partial charge in [0.15, 0.2) is 0 Å². The van der Waals surface area contributed by atoms with E-state index in [9.17, 15) is 9.59 Å². The number of ether oxygens (including phenoxy) is 3. The van der Waals surface area contributed by atoms with E-state index >= 15 is 0 Å². The molecule has 0 aromatic heterocycles. The van der Waals surface area contributed by atoms with Crippen LogP contribution in [-0.4, -0.2) is 18.2 Å². The van der Waals surface area contributed by atoms with Gasteiger partial charge in [0.2, 0.25) is 0 Å². The van der Waals surface area contributed by atoms with Gasteiger partial charge in [-0.25, -0.2) is 9.59 Å². The largest absolute Gasteiger partial charge is 0.458 e. The molecule has 2 heterocycles. The summed E-state index contributed by atoms with van der Waals surface area (Å²) in [6.45, 7) is 3.48. The monoisotopic (exact) mass is 312 g/mol. The lowest BCUT2D eigenvalue weighted by molar-refractivity contribution is -0.153. The molecule has 1 fully saturated rings. The first-order chi connectivity index (χ1) is 11.1. The number of fused-ring (bicyclic) bond motifs is 3. The zero-order valence-electron chi connectivity index (χ0n) is 12.9. The molecule has 3 aliphatic rings. The SMILES string of the molecule is CC1=C(C)C(OC=C2C(=O)OC3c4ccccc4CC23)OC1=O. The third-order valence-electron chi connectivity index (χ3n) is 4.82. The van der Waals surface area contributed by atoms with Crippen molar-refractivity contribution in [2.24, 2.45) is 5.92 Å². The van der Waals surface area contributed by atoms with Crippen molar-refractivity contribution >= 4 is 11.9 Å². The first kappa shape index (κ1) is 14.1. The van der Waals surface area contributed by atoms with Gasteiger partial charge in [-0.15, -0.1) is 0 Å². The van der Waals surface area contributed by atoms with Crippen LogP contribution >= 0.6 is 0 Å². The van der Waals surface area contributed by atoms with Crippen molar-refractivity contribution in [1.82, 2.24) is 0 Å². The highest BCUT2D eigenvalue weighted by Gasteiger charge is 2.46. The van der Waals surface area contributed by atoms with E-state index in [0.717, 1.165) is 17.6 Å². The molecule has 5 heteroatoms. The van der Waals surface area contributed by atoms with Crippen LogP contribution in [0.3, 0.4) is 0 Å². The average molecular weight is 312 g/mol. The Morgan fingerprint density at radius 3 is 2.65 bits per heavy atom. The van der Waals surface area contributed by atoms with Crippen molar-refractivity contribution in [2.45, 2.75) is 32.7 Å². The maximum absolute atomic E-state index is 12.1. The number of rotatable bonds is 2. The molecule has 0 radical (unpaired) electrons. The predicted molar refractivity (Wildman–Crippen MR) is 79.9 cm³/mol. The highest BCUT2D eigenvalue weighted by molar-refractivity contribution is 5.92. The molecule has 3 atom stereocenters. The molecule has 4 rings (SSSR count). The number of carbonyl (C=O) groups is 2. The number of carbonyl (C=O) groups excluding carboxylic acids is 2. The third-order valence-corrected chi connectivity index (χ3v) is 4.82. The molecule has 0 amide bonds. The van der Waals surface area contributed by atoms with Crippen LogP contribution < -0.4 is 0 Å². The topological polar surface area (TPSA) is 61.8 Å². The first-order valence-corrected chi connectivity index (χ1v) is 7.59. The van der Waals surface area contributed by atoms with Crippen LogP contribution in [0.15, 0.2) is 47.2 Å². The van der Waals surface area contributed by atoms with E-state index in [1.54, 1.807) is 13.8 Å². The highest BCUT2D eigenvalue weighted by atomic mass is 16.7. The molecule has 23 heavy (non-hydrogen) atoms. The predicted octanol–water partition coefficient (Wildman–Crippen LogP) is 2.58. The average Bonchev–Trinajstić information content (AvgIpc) is 3.12. The Morgan fingerprint density at radius 1 is 1.13 bits per heavy atom. The summed E-state index contributed by atoms with van der Waals surface area (Å²) in [7, 11) is 0. The Labute approximate surface area is 133 Å². The van der Waals surface area contributed by atoms with Crippen molar-refractivity contribution in [3.05, 3.63) is 58.4 Å². The van der Waals surface area contributed by atoms with Crippen LogP contribution in [0, 0.1) is 5.92 Å². The van der Waals surface area contributed by atoms with Crippen LogP contribution in [0.25, 0.3) is 0 Å². The molecule has 1 saturated heterocycles. The van der Waals surface area contributed by atoms with Crippen LogP contribution in [0.1, 0.15) is 31.1 Å². The molecular formula is C18H16O5. The van der Waals surface area contributed by atoms with E-state index in [1.165, 1.54) is 11.8 Å². The standard InChI is InChI=1S/C18H16O5/c1-9-10(2)18(23-16(9)19)21-8-14-13-7-11-5-3-4-6-12(11)15(13)22-17(14)20/h3-6,8,13,15,18H,7H2,1-2H3. The molecule has 0 bridgehead atoms. The fourth-order valence-electron chi connectivity index (χ4n) is 3.32. The van der Waals surface area contributed by atoms with Gasteiger partial charge in [0.05, 0.1) is 11.8 Å². The lowest BCUT2D eigenvalue weighted by Crippen LogP contribution is -2.14. The fourth-order valence-corrected chi connectivity index (χ4v) is 3.32. The summed E-state index contributed by atoms with van der Waals surface area (Å²) in [6, 6.07) is 7.97. The molecule has 1 aliphatic carbocycles. The lowest BCUT2D eigenvalue weighted by atomic mass is 9.98. The fraction of sp³-hybridized carbons (Fsp3) is 0.333. The van der Waals surface area contributed by atoms with E-state index in [0.29, 0.717) is 11.1 Å². The lowest BCUT2D eigenvalue weighted by Gasteiger charge is -2.12. The third kappa shape index (κ3) is 2.07. The van der Waals surface area contributed by atoms with Gasteiger partial charge in [0, 0.05) is 17.1 Å². The minimum atomic E-state index is -0.759. The van der Waals surface area contributed by atoms with Crippen molar-refractivity contribution in [1.29, 1.82) is 0 Å². The zero-order chi connectivity index (χ0) is 16.1. The molecule has 0 spiro atoms. The number of hydrogen-bond donors (Lipinski definition) is 0. The molecule has 3 unspecified atom stereocenters. The molecule has 5 nitrogen and oxygen atoms in total. The van der Waals surface area contributed by atoms with Gasteiger partial charge in [0.25, 0.3) is 6.29 Å². The zero-order valence-corrected chi connectivity index (χ0v) is 12.9. The van der Waals surface area contributed by atoms with Crippen LogP contribution in [0.2, 0.25) is 0 Å². The summed E-state index contributed by atoms with van der Waals surface area (Å²) < 4.78 is 16.2. The van der Waals surface area contributed by atoms with Crippen LogP contribution in [0.4, 0.5) is 0 Å². The van der Waals surface area contributed by atoms with Crippen molar-refractivity contribution in [3.63, 3.8) is 0 Å². The van der Waals surface area contributed by atoms with Crippen molar-refractivity contribution in [2.75, 3.05) is 0 Å². The number of cyclic esters (lactones) is 1. The Morgan fingerprint density at radius 2 is 1.91 bits per heavy atom. The molecule has 0 N–H and O–H groups in total. The van der Waals surface area contributed by atoms with E-state index in [2.05, 4.69) is 6.07 Å². The van der Waals surface area contributed by atoms with E-state index in [1.807, 2.05) is 18.2 Å². The molecule has 2 aliphatic heterocycles. The highest BCUT2D eigenvalue weighted by Crippen LogP contribution is 2.47. The van der Waals surface area contributed by atoms with Gasteiger partial charge in [-0.05, 0) is 31.4 Å². The number of hydrogen-bond acceptors (Lipinski definition) is 5. The summed E-state index contributed by atoms with van der Waals surface area (Å²) in [5.74, 6) is -0.786. The van der Waals surface area contributed by atoms with E-state index < -0.39 is 6.29 Å². The normalized spacial score (nSPS) is 30.3. The van der Waals surface area contributed by atoms with E-state index in [-0.39, 0.29) is 24.0 Å². The molecular weight excluding hydrogens is 296 g/mol. The first-order valence-electron chi connectivity index (χ1n) is 7.59. The number of benzene rings is 1. The Kier molecular flexibility index (Phi) is 3.04. The summed E-state index contributed by atoms with van der Waals surface area (Å²) in [5.41, 5.74) is 4.03. The summed E-state index contributed by atoms with van der Waals surface area (Å²) in [4.78, 5) is 23.6. The maximum atomic E-state index is 12.1. The quantitative estimate of drug-likeness (QED) is 0.477. The van der Waals surface area contributed by atoms with Crippen molar-refractivity contribution in [3.8, 4) is 0 Å². The Balaban J connectivity index is 1.57. The van der Waals surface area contributed by atoms with Crippen LogP contribution in [-0.2, 0) is 30.2 Å². The van der Waals surface area contributed by atoms with E-state index in [4.69, 9.17) is 14.2 Å². The van der Waals surface area contributed by atoms with Gasteiger partial charge < -0.3 is 14.2 Å². The molecule has 0 saturated carbocycles. The maximum Gasteiger partial charge on any atom is 0.338 e. The summed E-state index contributed by atoms with van der Waals surface area (Å²) >= 11 is 0. The second kappa shape index (κ2) is 4.98. The van der Waals surface area contributed by atoms with Gasteiger partial charge in [0.1, 0.15) is 6.10 Å². The molecule has 1 aromatic rings. The van der Waals surface area contributed by atoms with Gasteiger partial charge in [-0.1, -0.05) is 24.3 Å². The smallest absolute Gasteiger partial charge is 0.338 e. The summed E-state index contributed by atoms with van der Waals surface area (Å²) in [6.07, 6.45) is 1.16. The van der Waals surface area contributed by atoms with Crippen LogP contribution in [0.5, 0.6) is 0 Å². The minimum Gasteiger partial charge on any atom is -0.458 e. The second-order valence-corrected chi connectivity index (χ2v) is 6.09. The molecule has 118 valence electrons. The second-order valence-electron chi connectivity index (χ2n) is 6.09. The van der Waals surface area contributed by atoms with Gasteiger partial charge in [-0.2, -0.15) is 0 Å².